The monoisotopic (exact) mass is 188 g/mol. The average Bonchev–Trinajstić information content (AvgIpc) is 2.03. The summed E-state index contributed by atoms with van der Waals surface area (Å²) in [5.41, 5.74) is 4.80. The number of hydrogen-bond acceptors (Lipinski definition) is 5. The maximum atomic E-state index is 10.9. The van der Waals surface area contributed by atoms with Gasteiger partial charge in [-0.3, -0.25) is 14.4 Å². The van der Waals surface area contributed by atoms with Crippen LogP contribution in [0.25, 0.3) is 0 Å². The Morgan fingerprint density at radius 1 is 1.31 bits per heavy atom. The highest BCUT2D eigenvalue weighted by molar-refractivity contribution is 5.96. The Morgan fingerprint density at radius 3 is 2.38 bits per heavy atom. The highest BCUT2D eigenvalue weighted by atomic mass is 16.5. The van der Waals surface area contributed by atoms with Gasteiger partial charge in [0.25, 0.3) is 0 Å². The van der Waals surface area contributed by atoms with Gasteiger partial charge in [0.05, 0.1) is 20.2 Å². The second-order valence-corrected chi connectivity index (χ2v) is 2.36. The fourth-order valence-electron chi connectivity index (χ4n) is 0.621. The zero-order valence-electron chi connectivity index (χ0n) is 7.33. The Kier molecular flexibility index (Phi) is 5.45. The number of primary amides is 1. The van der Waals surface area contributed by atoms with E-state index in [4.69, 9.17) is 5.73 Å². The van der Waals surface area contributed by atoms with E-state index < -0.39 is 11.9 Å². The van der Waals surface area contributed by atoms with E-state index in [0.29, 0.717) is 0 Å². The van der Waals surface area contributed by atoms with Crippen LogP contribution in [0, 0.1) is 0 Å². The molecule has 0 rings (SSSR count). The first-order valence-electron chi connectivity index (χ1n) is 3.63. The molecule has 0 aromatic rings. The zero-order valence-corrected chi connectivity index (χ0v) is 7.33. The first-order chi connectivity index (χ1) is 6.06. The number of ketones is 1. The molecule has 0 saturated heterocycles. The van der Waals surface area contributed by atoms with Crippen molar-refractivity contribution in [1.29, 1.82) is 0 Å². The molecule has 0 heterocycles. The summed E-state index contributed by atoms with van der Waals surface area (Å²) in [4.78, 5) is 31.7. The molecule has 0 radical (unpaired) electrons. The number of rotatable bonds is 6. The molecular weight excluding hydrogens is 176 g/mol. The van der Waals surface area contributed by atoms with Gasteiger partial charge in [0.1, 0.15) is 6.42 Å². The van der Waals surface area contributed by atoms with Gasteiger partial charge in [-0.1, -0.05) is 0 Å². The third-order valence-electron chi connectivity index (χ3n) is 1.19. The van der Waals surface area contributed by atoms with Crippen LogP contribution in [-0.4, -0.2) is 37.9 Å². The highest BCUT2D eigenvalue weighted by Gasteiger charge is 2.08. The normalized spacial score (nSPS) is 9.31. The predicted octanol–water partition coefficient (Wildman–Crippen LogP) is -1.81. The summed E-state index contributed by atoms with van der Waals surface area (Å²) in [6.07, 6.45) is -0.289. The first kappa shape index (κ1) is 11.6. The van der Waals surface area contributed by atoms with Gasteiger partial charge < -0.3 is 15.8 Å². The third-order valence-corrected chi connectivity index (χ3v) is 1.19. The van der Waals surface area contributed by atoms with Gasteiger partial charge in [-0.15, -0.1) is 0 Å². The molecule has 1 amide bonds. The summed E-state index contributed by atoms with van der Waals surface area (Å²) in [6.45, 7) is -0.134. The van der Waals surface area contributed by atoms with Crippen molar-refractivity contribution in [3.63, 3.8) is 0 Å². The van der Waals surface area contributed by atoms with E-state index in [1.54, 1.807) is 0 Å². The number of carbonyl (C=O) groups excluding carboxylic acids is 3. The Bertz CT molecular complexity index is 215. The second kappa shape index (κ2) is 6.13. The van der Waals surface area contributed by atoms with Crippen molar-refractivity contribution in [3.05, 3.63) is 0 Å². The van der Waals surface area contributed by atoms with Crippen molar-refractivity contribution >= 4 is 17.7 Å². The van der Waals surface area contributed by atoms with Crippen LogP contribution in [0.4, 0.5) is 0 Å². The molecule has 0 saturated carbocycles. The molecule has 0 aliphatic carbocycles. The molecular formula is C7H12N2O4. The van der Waals surface area contributed by atoms with Crippen molar-refractivity contribution in [2.75, 3.05) is 20.2 Å². The number of methoxy groups -OCH3 is 1. The van der Waals surface area contributed by atoms with Crippen LogP contribution in [0.1, 0.15) is 6.42 Å². The van der Waals surface area contributed by atoms with E-state index in [0.717, 1.165) is 0 Å². The Labute approximate surface area is 75.4 Å². The number of hydrogen-bond donors (Lipinski definition) is 2. The van der Waals surface area contributed by atoms with Crippen LogP contribution in [0.5, 0.6) is 0 Å². The molecule has 3 N–H and O–H groups in total. The molecule has 13 heavy (non-hydrogen) atoms. The van der Waals surface area contributed by atoms with Crippen LogP contribution >= 0.6 is 0 Å². The fourth-order valence-corrected chi connectivity index (χ4v) is 0.621. The molecule has 0 spiro atoms. The number of amides is 1. The molecule has 0 atom stereocenters. The van der Waals surface area contributed by atoms with Gasteiger partial charge in [0.2, 0.25) is 5.91 Å². The largest absolute Gasteiger partial charge is 0.469 e. The quantitative estimate of drug-likeness (QED) is 0.378. The van der Waals surface area contributed by atoms with E-state index in [2.05, 4.69) is 10.1 Å². The minimum Gasteiger partial charge on any atom is -0.469 e. The number of nitrogens with two attached hydrogens (primary N) is 1. The van der Waals surface area contributed by atoms with Gasteiger partial charge in [0.15, 0.2) is 5.78 Å². The first-order valence-corrected chi connectivity index (χ1v) is 3.63. The minimum absolute atomic E-state index is 0.0575. The number of Topliss-reactive ketones (excluding diaryl/α,β-unsaturated/α-hetero) is 1. The van der Waals surface area contributed by atoms with Crippen molar-refractivity contribution in [2.24, 2.45) is 5.73 Å². The van der Waals surface area contributed by atoms with Gasteiger partial charge in [-0.2, -0.15) is 0 Å². The van der Waals surface area contributed by atoms with Gasteiger partial charge in [0, 0.05) is 0 Å². The lowest BCUT2D eigenvalue weighted by Gasteiger charge is -2.00. The Morgan fingerprint density at radius 2 is 1.92 bits per heavy atom. The summed E-state index contributed by atoms with van der Waals surface area (Å²) < 4.78 is 4.27. The molecule has 0 unspecified atom stereocenters. The lowest BCUT2D eigenvalue weighted by molar-refractivity contribution is -0.143. The number of nitrogens with one attached hydrogen (secondary N) is 1. The van der Waals surface area contributed by atoms with Crippen LogP contribution in [0.2, 0.25) is 0 Å². The minimum atomic E-state index is -0.592. The summed E-state index contributed by atoms with van der Waals surface area (Å²) in [5, 5.41) is 2.48. The average molecular weight is 188 g/mol. The van der Waals surface area contributed by atoms with Crippen LogP contribution in [0.3, 0.4) is 0 Å². The van der Waals surface area contributed by atoms with E-state index in [-0.39, 0.29) is 25.3 Å². The lowest BCUT2D eigenvalue weighted by Crippen LogP contribution is -2.33. The molecule has 0 fully saturated rings. The van der Waals surface area contributed by atoms with Crippen molar-refractivity contribution in [3.8, 4) is 0 Å². The maximum Gasteiger partial charge on any atom is 0.313 e. The molecule has 6 nitrogen and oxygen atoms in total. The molecule has 0 aromatic heterocycles. The summed E-state index contributed by atoms with van der Waals surface area (Å²) in [5.74, 6) is -1.48. The lowest BCUT2D eigenvalue weighted by atomic mass is 10.3. The molecule has 0 aliphatic rings. The zero-order chi connectivity index (χ0) is 10.3. The van der Waals surface area contributed by atoms with Gasteiger partial charge >= 0.3 is 5.97 Å². The van der Waals surface area contributed by atoms with E-state index in [1.165, 1.54) is 7.11 Å². The maximum absolute atomic E-state index is 10.9. The Balaban J connectivity index is 3.52. The SMILES string of the molecule is COC(=O)CC(=O)CNCC(N)=O. The smallest absolute Gasteiger partial charge is 0.313 e. The van der Waals surface area contributed by atoms with Crippen molar-refractivity contribution < 1.29 is 19.1 Å². The number of carbonyl (C=O) groups is 3. The molecule has 6 heteroatoms. The van der Waals surface area contributed by atoms with Crippen molar-refractivity contribution in [1.82, 2.24) is 5.32 Å². The highest BCUT2D eigenvalue weighted by Crippen LogP contribution is 1.85. The fraction of sp³-hybridized carbons (Fsp3) is 0.571. The number of esters is 1. The predicted molar refractivity (Wildman–Crippen MR) is 43.7 cm³/mol. The van der Waals surface area contributed by atoms with Crippen molar-refractivity contribution in [2.45, 2.75) is 6.42 Å². The topological polar surface area (TPSA) is 98.5 Å². The molecule has 74 valence electrons. The summed E-state index contributed by atoms with van der Waals surface area (Å²) >= 11 is 0. The number of ether oxygens (including phenoxy) is 1. The van der Waals surface area contributed by atoms with Gasteiger partial charge in [-0.05, 0) is 0 Å². The van der Waals surface area contributed by atoms with E-state index in [1.807, 2.05) is 0 Å². The molecule has 0 aromatic carbocycles. The third kappa shape index (κ3) is 6.95. The van der Waals surface area contributed by atoms with Crippen LogP contribution in [-0.2, 0) is 19.1 Å². The second-order valence-electron chi connectivity index (χ2n) is 2.36. The van der Waals surface area contributed by atoms with E-state index in [9.17, 15) is 14.4 Å². The van der Waals surface area contributed by atoms with Crippen LogP contribution < -0.4 is 11.1 Å². The van der Waals surface area contributed by atoms with Crippen LogP contribution in [0.15, 0.2) is 0 Å². The van der Waals surface area contributed by atoms with Gasteiger partial charge in [-0.25, -0.2) is 0 Å². The molecule has 0 aliphatic heterocycles. The Hall–Kier alpha value is -1.43. The summed E-state index contributed by atoms with van der Waals surface area (Å²) in [6, 6.07) is 0. The molecule has 0 bridgehead atoms. The standard InChI is InChI=1S/C7H12N2O4/c1-13-7(12)2-5(10)3-9-4-6(8)11/h9H,2-4H2,1H3,(H2,8,11). The van der Waals surface area contributed by atoms with E-state index >= 15 is 0 Å². The summed E-state index contributed by atoms with van der Waals surface area (Å²) in [7, 11) is 1.20.